The number of nitrogens with two attached hydrogens (primary N) is 1. The number of nitrogen functional groups attached to an aromatic ring is 1. The molecule has 1 fully saturated rings. The van der Waals surface area contributed by atoms with E-state index in [0.717, 1.165) is 17.0 Å². The Kier molecular flexibility index (Phi) is 8.95. The predicted octanol–water partition coefficient (Wildman–Crippen LogP) is 2.13. The number of aldehydes is 1. The number of rotatable bonds is 9. The molecule has 0 aliphatic carbocycles. The summed E-state index contributed by atoms with van der Waals surface area (Å²) in [6, 6.07) is 4.79. The quantitative estimate of drug-likeness (QED) is 0.269. The van der Waals surface area contributed by atoms with Crippen molar-refractivity contribution in [1.82, 2.24) is 15.1 Å². The number of hydrogen-bond acceptors (Lipinski definition) is 7. The lowest BCUT2D eigenvalue weighted by molar-refractivity contribution is -0.142. The van der Waals surface area contributed by atoms with Gasteiger partial charge in [-0.25, -0.2) is 13.6 Å². The summed E-state index contributed by atoms with van der Waals surface area (Å²) in [5.41, 5.74) is 6.79. The second-order valence-electron chi connectivity index (χ2n) is 9.85. The van der Waals surface area contributed by atoms with Gasteiger partial charge in [0.2, 0.25) is 5.91 Å². The van der Waals surface area contributed by atoms with E-state index in [4.69, 9.17) is 10.5 Å². The Balaban J connectivity index is 1.65. The Morgan fingerprint density at radius 3 is 2.50 bits per heavy atom. The van der Waals surface area contributed by atoms with Gasteiger partial charge in [-0.15, -0.1) is 0 Å². The zero-order chi connectivity index (χ0) is 29.0. The first-order valence-corrected chi connectivity index (χ1v) is 12.8. The average molecular weight is 560 g/mol. The molecule has 0 unspecified atom stereocenters. The van der Waals surface area contributed by atoms with Crippen molar-refractivity contribution in [2.45, 2.75) is 37.5 Å². The van der Waals surface area contributed by atoms with Gasteiger partial charge in [0, 0.05) is 39.0 Å². The van der Waals surface area contributed by atoms with E-state index in [2.05, 4.69) is 10.6 Å². The molecule has 13 heteroatoms. The number of hydrogen-bond donors (Lipinski definition) is 4. The molecule has 0 bridgehead atoms. The minimum atomic E-state index is -1.31. The number of nitrogens with one attached hydrogen (secondary N) is 2. The zero-order valence-corrected chi connectivity index (χ0v) is 21.8. The van der Waals surface area contributed by atoms with Gasteiger partial charge < -0.3 is 40.8 Å². The van der Waals surface area contributed by atoms with E-state index in [1.165, 1.54) is 18.0 Å². The molecule has 5 N–H and O–H groups in total. The Morgan fingerprint density at radius 2 is 1.88 bits per heavy atom. The van der Waals surface area contributed by atoms with E-state index < -0.39 is 53.4 Å². The Morgan fingerprint density at radius 1 is 1.20 bits per heavy atom. The lowest BCUT2D eigenvalue weighted by Crippen LogP contribution is -2.55. The number of carbonyl (C=O) groups is 4. The molecule has 4 rings (SSSR count). The van der Waals surface area contributed by atoms with Gasteiger partial charge in [0.05, 0.1) is 6.04 Å². The summed E-state index contributed by atoms with van der Waals surface area (Å²) < 4.78 is 34.2. The smallest absolute Gasteiger partial charge is 0.407 e. The molecule has 11 nitrogen and oxygen atoms in total. The number of benzene rings is 2. The van der Waals surface area contributed by atoms with E-state index >= 15 is 0 Å². The topological polar surface area (TPSA) is 154 Å². The molecule has 2 aliphatic rings. The van der Waals surface area contributed by atoms with E-state index in [0.29, 0.717) is 49.2 Å². The molecule has 0 radical (unpaired) electrons. The second-order valence-corrected chi connectivity index (χ2v) is 9.85. The Hall–Kier alpha value is -4.10. The lowest BCUT2D eigenvalue weighted by Gasteiger charge is -2.35. The van der Waals surface area contributed by atoms with Crippen molar-refractivity contribution in [2.24, 2.45) is 5.92 Å². The number of carbonyl (C=O) groups excluding carboxylic acids is 3. The summed E-state index contributed by atoms with van der Waals surface area (Å²) in [5.74, 6) is -3.48. The van der Waals surface area contributed by atoms with Crippen molar-refractivity contribution in [3.63, 3.8) is 0 Å². The van der Waals surface area contributed by atoms with Crippen LogP contribution < -0.4 is 16.4 Å². The standard InChI is InChI=1S/C27H31F2N5O6/c1-33(27(38)39)18(14-35)12-31-22(15-7-9-40-10-8-15)26(37)34-13-16-11-17(30)5-6-19(16)24(34)25(36)32-23-20(28)3-2-4-21(23)29/h2-6,11,14-15,18,22,24,31H,7-10,12-13,30H2,1H3,(H,32,36)(H,38,39)/t18-,22-,24-/m0/s1. The molecule has 1 saturated heterocycles. The first-order valence-electron chi connectivity index (χ1n) is 12.8. The highest BCUT2D eigenvalue weighted by Crippen LogP contribution is 2.37. The van der Waals surface area contributed by atoms with Crippen LogP contribution in [0.1, 0.15) is 30.0 Å². The van der Waals surface area contributed by atoms with Crippen LogP contribution in [-0.4, -0.2) is 78.0 Å². The Bertz CT molecular complexity index is 1270. The van der Waals surface area contributed by atoms with Gasteiger partial charge in [0.25, 0.3) is 5.91 Å². The first-order chi connectivity index (χ1) is 19.1. The van der Waals surface area contributed by atoms with Crippen LogP contribution >= 0.6 is 0 Å². The third-order valence-corrected chi connectivity index (χ3v) is 7.36. The Labute approximate surface area is 229 Å². The number of amides is 3. The van der Waals surface area contributed by atoms with E-state index in [1.54, 1.807) is 18.2 Å². The number of nitrogens with zero attached hydrogens (tertiary/aromatic N) is 2. The van der Waals surface area contributed by atoms with Crippen molar-refractivity contribution >= 4 is 35.6 Å². The number of para-hydroxylation sites is 1. The monoisotopic (exact) mass is 559 g/mol. The van der Waals surface area contributed by atoms with Gasteiger partial charge in [0.15, 0.2) is 0 Å². The highest BCUT2D eigenvalue weighted by atomic mass is 19.1. The van der Waals surface area contributed by atoms with E-state index in [9.17, 15) is 33.1 Å². The number of fused-ring (bicyclic) bond motifs is 1. The number of carboxylic acid groups (broad SMARTS) is 1. The van der Waals surface area contributed by atoms with Crippen molar-refractivity contribution in [2.75, 3.05) is 37.9 Å². The highest BCUT2D eigenvalue weighted by molar-refractivity contribution is 6.00. The normalized spacial score (nSPS) is 18.5. The molecule has 2 aliphatic heterocycles. The SMILES string of the molecule is CN(C(=O)O)[C@H](C=O)CN[C@H](C(=O)N1Cc2cc(N)ccc2[C@H]1C(=O)Nc1c(F)cccc1F)C1CCOCC1. The largest absolute Gasteiger partial charge is 0.465 e. The summed E-state index contributed by atoms with van der Waals surface area (Å²) in [5, 5.41) is 14.6. The van der Waals surface area contributed by atoms with Crippen LogP contribution in [0.15, 0.2) is 36.4 Å². The fraction of sp³-hybridized carbons (Fsp3) is 0.407. The predicted molar refractivity (Wildman–Crippen MR) is 140 cm³/mol. The zero-order valence-electron chi connectivity index (χ0n) is 21.8. The third-order valence-electron chi connectivity index (χ3n) is 7.36. The molecule has 0 spiro atoms. The number of likely N-dealkylation sites (N-methyl/N-ethyl adjacent to an activating group) is 1. The van der Waals surface area contributed by atoms with Crippen LogP contribution in [-0.2, 0) is 25.7 Å². The fourth-order valence-corrected chi connectivity index (χ4v) is 5.12. The molecule has 3 atom stereocenters. The molecule has 3 amide bonds. The molecule has 0 saturated carbocycles. The van der Waals surface area contributed by atoms with Crippen molar-refractivity contribution in [3.05, 3.63) is 59.2 Å². The van der Waals surface area contributed by atoms with Crippen molar-refractivity contribution < 1.29 is 37.8 Å². The maximum Gasteiger partial charge on any atom is 0.407 e. The summed E-state index contributed by atoms with van der Waals surface area (Å²) >= 11 is 0. The van der Waals surface area contributed by atoms with Gasteiger partial charge in [0.1, 0.15) is 35.7 Å². The molecule has 214 valence electrons. The van der Waals surface area contributed by atoms with Crippen LogP contribution in [0.25, 0.3) is 0 Å². The second kappa shape index (κ2) is 12.4. The van der Waals surface area contributed by atoms with Crippen LogP contribution in [0, 0.1) is 17.6 Å². The van der Waals surface area contributed by atoms with Crippen molar-refractivity contribution in [3.8, 4) is 0 Å². The summed E-state index contributed by atoms with van der Waals surface area (Å²) in [6.07, 6.45) is 0.183. The minimum absolute atomic E-state index is 0.00455. The van der Waals surface area contributed by atoms with E-state index in [1.807, 2.05) is 0 Å². The maximum atomic E-state index is 14.4. The molecule has 40 heavy (non-hydrogen) atoms. The van der Waals surface area contributed by atoms with Crippen LogP contribution in [0.4, 0.5) is 25.0 Å². The molecule has 2 aromatic rings. The van der Waals surface area contributed by atoms with Gasteiger partial charge in [-0.1, -0.05) is 12.1 Å². The molecule has 2 heterocycles. The molecule has 0 aromatic heterocycles. The fourth-order valence-electron chi connectivity index (χ4n) is 5.12. The maximum absolute atomic E-state index is 14.4. The molecular weight excluding hydrogens is 528 g/mol. The molecule has 2 aromatic carbocycles. The van der Waals surface area contributed by atoms with Gasteiger partial charge in [-0.3, -0.25) is 9.59 Å². The summed E-state index contributed by atoms with van der Waals surface area (Å²) in [4.78, 5) is 52.8. The summed E-state index contributed by atoms with van der Waals surface area (Å²) in [7, 11) is 1.25. The third kappa shape index (κ3) is 6.05. The van der Waals surface area contributed by atoms with Crippen LogP contribution in [0.3, 0.4) is 0 Å². The lowest BCUT2D eigenvalue weighted by atomic mass is 9.90. The number of ether oxygens (including phenoxy) is 1. The number of anilines is 2. The summed E-state index contributed by atoms with van der Waals surface area (Å²) in [6.45, 7) is 0.653. The minimum Gasteiger partial charge on any atom is -0.465 e. The van der Waals surface area contributed by atoms with Gasteiger partial charge in [-0.05, 0) is 54.2 Å². The number of halogens is 2. The van der Waals surface area contributed by atoms with Gasteiger partial charge in [-0.2, -0.15) is 0 Å². The van der Waals surface area contributed by atoms with Gasteiger partial charge >= 0.3 is 6.09 Å². The van der Waals surface area contributed by atoms with Crippen LogP contribution in [0.2, 0.25) is 0 Å². The molecular formula is C27H31F2N5O6. The first kappa shape index (κ1) is 28.9. The van der Waals surface area contributed by atoms with E-state index in [-0.39, 0.29) is 19.0 Å². The van der Waals surface area contributed by atoms with Crippen LogP contribution in [0.5, 0.6) is 0 Å². The highest BCUT2D eigenvalue weighted by Gasteiger charge is 2.43. The average Bonchev–Trinajstić information content (AvgIpc) is 3.31. The van der Waals surface area contributed by atoms with Crippen molar-refractivity contribution in [1.29, 1.82) is 0 Å².